The summed E-state index contributed by atoms with van der Waals surface area (Å²) in [6, 6.07) is 6.54. The number of benzene rings is 1. The monoisotopic (exact) mass is 402 g/mol. The molecule has 0 atom stereocenters. The van der Waals surface area contributed by atoms with E-state index in [0.29, 0.717) is 0 Å². The number of rotatable bonds is 14. The zero-order chi connectivity index (χ0) is 21.5. The van der Waals surface area contributed by atoms with Crippen LogP contribution in [0.4, 0.5) is 0 Å². The third-order valence-corrected chi connectivity index (χ3v) is 6.72. The number of hydrogen-bond acceptors (Lipinski definition) is 2. The summed E-state index contributed by atoms with van der Waals surface area (Å²) in [5.74, 6) is -1.32. The maximum Gasteiger partial charge on any atom is 0.309 e. The van der Waals surface area contributed by atoms with Gasteiger partial charge in [-0.2, -0.15) is 0 Å². The van der Waals surface area contributed by atoms with Crippen molar-refractivity contribution in [3.63, 3.8) is 0 Å². The average Bonchev–Trinajstić information content (AvgIpc) is 3.44. The Hall–Kier alpha value is -1.84. The van der Waals surface area contributed by atoms with E-state index in [1.165, 1.54) is 16.7 Å². The molecule has 4 heteroatoms. The quantitative estimate of drug-likeness (QED) is 0.365. The predicted molar refractivity (Wildman–Crippen MR) is 116 cm³/mol. The van der Waals surface area contributed by atoms with Gasteiger partial charge in [0.2, 0.25) is 0 Å². The summed E-state index contributed by atoms with van der Waals surface area (Å²) in [6.07, 6.45) is 11.7. The molecule has 1 fully saturated rings. The fourth-order valence-electron chi connectivity index (χ4n) is 4.18. The Bertz CT molecular complexity index is 701. The Morgan fingerprint density at radius 2 is 1.62 bits per heavy atom. The van der Waals surface area contributed by atoms with Gasteiger partial charge in [-0.15, -0.1) is 0 Å². The summed E-state index contributed by atoms with van der Waals surface area (Å²) in [7, 11) is 0. The van der Waals surface area contributed by atoms with Crippen molar-refractivity contribution in [2.75, 3.05) is 0 Å². The average molecular weight is 403 g/mol. The van der Waals surface area contributed by atoms with Crippen LogP contribution >= 0.6 is 0 Å². The fraction of sp³-hybridized carbons (Fsp3) is 0.680. The summed E-state index contributed by atoms with van der Waals surface area (Å²) in [5.41, 5.74) is 3.21. The number of unbranched alkanes of at least 4 members (excludes halogenated alkanes) is 4. The van der Waals surface area contributed by atoms with Gasteiger partial charge in [0.25, 0.3) is 0 Å². The van der Waals surface area contributed by atoms with Crippen LogP contribution in [0.1, 0.15) is 94.7 Å². The Balaban J connectivity index is 1.73. The molecule has 0 aliphatic heterocycles. The van der Waals surface area contributed by atoms with Crippen LogP contribution in [0.2, 0.25) is 0 Å². The SMILES string of the molecule is Cc1cccc(CCCCCC2(C(=O)O)CC2)c1CCCCCC(C)(C)C(=O)O. The topological polar surface area (TPSA) is 74.6 Å². The molecule has 0 unspecified atom stereocenters. The molecule has 162 valence electrons. The van der Waals surface area contributed by atoms with Crippen molar-refractivity contribution in [3.8, 4) is 0 Å². The van der Waals surface area contributed by atoms with E-state index in [1.54, 1.807) is 13.8 Å². The predicted octanol–water partition coefficient (Wildman–Crippen LogP) is 6.18. The van der Waals surface area contributed by atoms with Crippen molar-refractivity contribution in [2.24, 2.45) is 10.8 Å². The Morgan fingerprint density at radius 3 is 2.24 bits per heavy atom. The van der Waals surface area contributed by atoms with E-state index >= 15 is 0 Å². The largest absolute Gasteiger partial charge is 0.481 e. The van der Waals surface area contributed by atoms with Gasteiger partial charge >= 0.3 is 11.9 Å². The van der Waals surface area contributed by atoms with Gasteiger partial charge in [0.05, 0.1) is 10.8 Å². The zero-order valence-electron chi connectivity index (χ0n) is 18.4. The highest BCUT2D eigenvalue weighted by atomic mass is 16.4. The van der Waals surface area contributed by atoms with Crippen LogP contribution in [0, 0.1) is 17.8 Å². The smallest absolute Gasteiger partial charge is 0.309 e. The van der Waals surface area contributed by atoms with Crippen LogP contribution in [0.15, 0.2) is 18.2 Å². The molecular weight excluding hydrogens is 364 g/mol. The van der Waals surface area contributed by atoms with E-state index in [9.17, 15) is 19.8 Å². The van der Waals surface area contributed by atoms with Crippen molar-refractivity contribution in [1.82, 2.24) is 0 Å². The Labute approximate surface area is 175 Å². The lowest BCUT2D eigenvalue weighted by Gasteiger charge is -2.18. The Kier molecular flexibility index (Phi) is 8.30. The molecule has 1 saturated carbocycles. The number of aryl methyl sites for hydroxylation is 2. The summed E-state index contributed by atoms with van der Waals surface area (Å²) in [6.45, 7) is 5.78. The standard InChI is InChI=1S/C25H38O4/c1-19-11-10-13-20(12-6-4-9-16-25(17-18-25)23(28)29)21(19)14-7-5-8-15-24(2,3)22(26)27/h10-11,13H,4-9,12,14-18H2,1-3H3,(H,26,27)(H,28,29). The second kappa shape index (κ2) is 10.3. The molecule has 0 amide bonds. The maximum absolute atomic E-state index is 11.3. The van der Waals surface area contributed by atoms with E-state index in [2.05, 4.69) is 25.1 Å². The lowest BCUT2D eigenvalue weighted by molar-refractivity contribution is -0.147. The zero-order valence-corrected chi connectivity index (χ0v) is 18.4. The van der Waals surface area contributed by atoms with Gasteiger partial charge in [-0.3, -0.25) is 9.59 Å². The molecule has 1 aromatic carbocycles. The van der Waals surface area contributed by atoms with E-state index in [-0.39, 0.29) is 5.41 Å². The van der Waals surface area contributed by atoms with Gasteiger partial charge in [-0.1, -0.05) is 43.9 Å². The van der Waals surface area contributed by atoms with Crippen LogP contribution in [-0.2, 0) is 22.4 Å². The van der Waals surface area contributed by atoms with Crippen molar-refractivity contribution in [1.29, 1.82) is 0 Å². The second-order valence-electron chi connectivity index (χ2n) is 9.61. The van der Waals surface area contributed by atoms with Crippen molar-refractivity contribution in [2.45, 2.75) is 97.8 Å². The lowest BCUT2D eigenvalue weighted by Crippen LogP contribution is -2.23. The highest BCUT2D eigenvalue weighted by Gasteiger charge is 2.49. The first-order chi connectivity index (χ1) is 13.7. The summed E-state index contributed by atoms with van der Waals surface area (Å²) < 4.78 is 0. The molecule has 0 bridgehead atoms. The van der Waals surface area contributed by atoms with Crippen LogP contribution in [0.25, 0.3) is 0 Å². The van der Waals surface area contributed by atoms with Crippen LogP contribution in [0.3, 0.4) is 0 Å². The van der Waals surface area contributed by atoms with Gasteiger partial charge in [0.1, 0.15) is 0 Å². The molecule has 2 N–H and O–H groups in total. The minimum absolute atomic E-state index is 0.385. The number of carboxylic acids is 2. The molecule has 0 saturated heterocycles. The van der Waals surface area contributed by atoms with Gasteiger partial charge in [0, 0.05) is 0 Å². The third-order valence-electron chi connectivity index (χ3n) is 6.72. The number of hydrogen-bond donors (Lipinski definition) is 2. The van der Waals surface area contributed by atoms with Crippen molar-refractivity contribution >= 4 is 11.9 Å². The normalized spacial score (nSPS) is 15.3. The molecule has 2 rings (SSSR count). The first-order valence-electron chi connectivity index (χ1n) is 11.2. The van der Waals surface area contributed by atoms with Gasteiger partial charge < -0.3 is 10.2 Å². The first-order valence-corrected chi connectivity index (χ1v) is 11.2. The summed E-state index contributed by atoms with van der Waals surface area (Å²) >= 11 is 0. The molecule has 1 aromatic rings. The highest BCUT2D eigenvalue weighted by molar-refractivity contribution is 5.77. The molecule has 0 aromatic heterocycles. The molecule has 0 heterocycles. The molecule has 0 radical (unpaired) electrons. The third kappa shape index (κ3) is 6.87. The fourth-order valence-corrected chi connectivity index (χ4v) is 4.18. The molecule has 1 aliphatic carbocycles. The van der Waals surface area contributed by atoms with Gasteiger partial charge in [-0.05, 0) is 88.8 Å². The second-order valence-corrected chi connectivity index (χ2v) is 9.61. The number of carboxylic acid groups (broad SMARTS) is 2. The van der Waals surface area contributed by atoms with Crippen molar-refractivity contribution in [3.05, 3.63) is 34.9 Å². The van der Waals surface area contributed by atoms with Crippen LogP contribution in [0.5, 0.6) is 0 Å². The van der Waals surface area contributed by atoms with Gasteiger partial charge in [-0.25, -0.2) is 0 Å². The minimum atomic E-state index is -0.713. The van der Waals surface area contributed by atoms with E-state index in [1.807, 2.05) is 0 Å². The van der Waals surface area contributed by atoms with Crippen LogP contribution < -0.4 is 0 Å². The van der Waals surface area contributed by atoms with E-state index < -0.39 is 17.4 Å². The molecular formula is C25H38O4. The first kappa shape index (κ1) is 23.4. The maximum atomic E-state index is 11.3. The Morgan fingerprint density at radius 1 is 0.966 bits per heavy atom. The number of carbonyl (C=O) groups is 2. The molecule has 4 nitrogen and oxygen atoms in total. The van der Waals surface area contributed by atoms with E-state index in [0.717, 1.165) is 77.0 Å². The van der Waals surface area contributed by atoms with E-state index in [4.69, 9.17) is 0 Å². The summed E-state index contributed by atoms with van der Waals surface area (Å²) in [4.78, 5) is 22.5. The van der Waals surface area contributed by atoms with Crippen LogP contribution in [-0.4, -0.2) is 22.2 Å². The minimum Gasteiger partial charge on any atom is -0.481 e. The van der Waals surface area contributed by atoms with Crippen molar-refractivity contribution < 1.29 is 19.8 Å². The molecule has 0 spiro atoms. The highest BCUT2D eigenvalue weighted by Crippen LogP contribution is 2.50. The summed E-state index contributed by atoms with van der Waals surface area (Å²) in [5, 5.41) is 18.5. The molecule has 1 aliphatic rings. The lowest BCUT2D eigenvalue weighted by atomic mass is 9.86. The molecule has 29 heavy (non-hydrogen) atoms. The van der Waals surface area contributed by atoms with Gasteiger partial charge in [0.15, 0.2) is 0 Å². The number of aliphatic carboxylic acids is 2.